The topological polar surface area (TPSA) is 109 Å². The van der Waals surface area contributed by atoms with Gasteiger partial charge in [0.2, 0.25) is 11.7 Å². The van der Waals surface area contributed by atoms with Crippen molar-refractivity contribution >= 4 is 22.8 Å². The Bertz CT molecular complexity index is 1370. The van der Waals surface area contributed by atoms with Crippen LogP contribution < -0.4 is 17.0 Å². The lowest BCUT2D eigenvalue weighted by atomic mass is 10.2. The fourth-order valence-electron chi connectivity index (χ4n) is 3.41. The molecule has 9 nitrogen and oxygen atoms in total. The SMILES string of the molecule is Cc1c(C)n2c3c(=O)n(C)c(=O)n(C)c3nc2n1-c1ccc(C(N)=O)cc1. The molecule has 1 amide bonds. The second-order valence-corrected chi connectivity index (χ2v) is 6.54. The quantitative estimate of drug-likeness (QED) is 0.553. The zero-order chi connectivity index (χ0) is 19.6. The largest absolute Gasteiger partial charge is 0.366 e. The van der Waals surface area contributed by atoms with E-state index in [1.807, 2.05) is 18.4 Å². The number of amides is 1. The van der Waals surface area contributed by atoms with Crippen LogP contribution in [0.25, 0.3) is 22.6 Å². The van der Waals surface area contributed by atoms with Crippen LogP contribution >= 0.6 is 0 Å². The highest BCUT2D eigenvalue weighted by atomic mass is 16.2. The van der Waals surface area contributed by atoms with Crippen LogP contribution in [0.5, 0.6) is 0 Å². The van der Waals surface area contributed by atoms with E-state index in [0.717, 1.165) is 21.6 Å². The van der Waals surface area contributed by atoms with Crippen LogP contribution in [0.1, 0.15) is 21.7 Å². The third-order valence-corrected chi connectivity index (χ3v) is 5.04. The lowest BCUT2D eigenvalue weighted by Crippen LogP contribution is -2.37. The molecule has 0 spiro atoms. The highest BCUT2D eigenvalue weighted by molar-refractivity contribution is 5.93. The van der Waals surface area contributed by atoms with Gasteiger partial charge in [0, 0.05) is 36.7 Å². The van der Waals surface area contributed by atoms with Gasteiger partial charge in [-0.2, -0.15) is 4.98 Å². The summed E-state index contributed by atoms with van der Waals surface area (Å²) in [7, 11) is 3.04. The van der Waals surface area contributed by atoms with Crippen molar-refractivity contribution in [2.45, 2.75) is 13.8 Å². The average molecular weight is 366 g/mol. The Morgan fingerprint density at radius 1 is 1.00 bits per heavy atom. The Balaban J connectivity index is 2.15. The zero-order valence-corrected chi connectivity index (χ0v) is 15.3. The van der Waals surface area contributed by atoms with E-state index in [0.29, 0.717) is 22.5 Å². The number of aromatic nitrogens is 5. The van der Waals surface area contributed by atoms with Gasteiger partial charge in [-0.3, -0.25) is 27.7 Å². The molecule has 3 aromatic heterocycles. The summed E-state index contributed by atoms with van der Waals surface area (Å²) in [4.78, 5) is 40.9. The molecule has 3 heterocycles. The molecule has 138 valence electrons. The fraction of sp³-hybridized carbons (Fsp3) is 0.222. The van der Waals surface area contributed by atoms with Crippen LogP contribution in [-0.2, 0) is 14.1 Å². The Hall–Kier alpha value is -3.62. The molecule has 0 atom stereocenters. The number of fused-ring (bicyclic) bond motifs is 3. The van der Waals surface area contributed by atoms with Crippen molar-refractivity contribution in [2.75, 3.05) is 0 Å². The first-order valence-electron chi connectivity index (χ1n) is 8.30. The second-order valence-electron chi connectivity index (χ2n) is 6.54. The predicted molar refractivity (Wildman–Crippen MR) is 100 cm³/mol. The molecule has 1 aromatic carbocycles. The molecule has 9 heteroatoms. The van der Waals surface area contributed by atoms with Crippen LogP contribution in [0, 0.1) is 13.8 Å². The summed E-state index contributed by atoms with van der Waals surface area (Å²) in [5.41, 5.74) is 8.05. The lowest BCUT2D eigenvalue weighted by molar-refractivity contribution is 0.100. The van der Waals surface area contributed by atoms with E-state index in [-0.39, 0.29) is 0 Å². The number of hydrogen-bond donors (Lipinski definition) is 1. The fourth-order valence-corrected chi connectivity index (χ4v) is 3.41. The molecule has 0 saturated carbocycles. The summed E-state index contributed by atoms with van der Waals surface area (Å²) in [5, 5.41) is 0. The van der Waals surface area contributed by atoms with Crippen LogP contribution in [0.2, 0.25) is 0 Å². The number of imidazole rings is 2. The standard InChI is InChI=1S/C18H18N6O3/c1-9-10(2)24-13-15(21(3)18(27)22(4)16(13)26)20-17(24)23(9)12-7-5-11(6-8-12)14(19)25/h5-8H,1-4H3,(H2,19,25). The number of primary amides is 1. The van der Waals surface area contributed by atoms with Gasteiger partial charge in [-0.05, 0) is 38.1 Å². The first-order valence-corrected chi connectivity index (χ1v) is 8.30. The van der Waals surface area contributed by atoms with Crippen molar-refractivity contribution in [2.24, 2.45) is 19.8 Å². The average Bonchev–Trinajstić information content (AvgIpc) is 3.14. The van der Waals surface area contributed by atoms with Crippen molar-refractivity contribution in [1.29, 1.82) is 0 Å². The third-order valence-electron chi connectivity index (χ3n) is 5.04. The van der Waals surface area contributed by atoms with Gasteiger partial charge in [0.1, 0.15) is 0 Å². The minimum atomic E-state index is -0.503. The van der Waals surface area contributed by atoms with E-state index in [4.69, 9.17) is 5.73 Å². The van der Waals surface area contributed by atoms with Crippen LogP contribution in [-0.4, -0.2) is 29.0 Å². The maximum absolute atomic E-state index is 12.7. The second kappa shape index (κ2) is 5.44. The Kier molecular flexibility index (Phi) is 3.39. The number of carbonyl (C=O) groups excluding carboxylic acids is 1. The van der Waals surface area contributed by atoms with Crippen LogP contribution in [0.15, 0.2) is 33.9 Å². The lowest BCUT2D eigenvalue weighted by Gasteiger charge is -2.07. The number of nitrogens with zero attached hydrogens (tertiary/aromatic N) is 5. The molecule has 4 aromatic rings. The van der Waals surface area contributed by atoms with Gasteiger partial charge in [-0.15, -0.1) is 0 Å². The smallest absolute Gasteiger partial charge is 0.332 e. The first-order chi connectivity index (χ1) is 12.7. The zero-order valence-electron chi connectivity index (χ0n) is 15.3. The van der Waals surface area contributed by atoms with Crippen molar-refractivity contribution in [3.63, 3.8) is 0 Å². The van der Waals surface area contributed by atoms with E-state index < -0.39 is 17.2 Å². The molecule has 0 aliphatic heterocycles. The molecule has 2 N–H and O–H groups in total. The summed E-state index contributed by atoms with van der Waals surface area (Å²) in [5.74, 6) is 0.0160. The van der Waals surface area contributed by atoms with Crippen molar-refractivity contribution in [3.05, 3.63) is 62.1 Å². The van der Waals surface area contributed by atoms with Crippen LogP contribution in [0.4, 0.5) is 0 Å². The van der Waals surface area contributed by atoms with E-state index in [1.165, 1.54) is 11.6 Å². The molecule has 0 bridgehead atoms. The molecule has 0 fully saturated rings. The molecular weight excluding hydrogens is 348 g/mol. The van der Waals surface area contributed by atoms with Gasteiger partial charge in [0.05, 0.1) is 0 Å². The third kappa shape index (κ3) is 2.11. The molecule has 0 radical (unpaired) electrons. The number of nitrogens with two attached hydrogens (primary N) is 1. The Labute approximate surface area is 152 Å². The molecule has 0 aliphatic carbocycles. The van der Waals surface area contributed by atoms with E-state index in [2.05, 4.69) is 4.98 Å². The normalized spacial score (nSPS) is 11.6. The number of carbonyl (C=O) groups is 1. The molecule has 0 aliphatic rings. The van der Waals surface area contributed by atoms with Gasteiger partial charge < -0.3 is 5.73 Å². The summed E-state index contributed by atoms with van der Waals surface area (Å²) >= 11 is 0. The molecule has 27 heavy (non-hydrogen) atoms. The van der Waals surface area contributed by atoms with E-state index in [1.54, 1.807) is 35.7 Å². The molecule has 0 saturated heterocycles. The monoisotopic (exact) mass is 366 g/mol. The maximum Gasteiger partial charge on any atom is 0.332 e. The molecular formula is C18H18N6O3. The summed E-state index contributed by atoms with van der Waals surface area (Å²) in [6.07, 6.45) is 0. The summed E-state index contributed by atoms with van der Waals surface area (Å²) in [6, 6.07) is 6.81. The van der Waals surface area contributed by atoms with Crippen molar-refractivity contribution < 1.29 is 4.79 Å². The number of aryl methyl sites for hydroxylation is 2. The Morgan fingerprint density at radius 2 is 1.63 bits per heavy atom. The van der Waals surface area contributed by atoms with Crippen LogP contribution in [0.3, 0.4) is 0 Å². The number of hydrogen-bond acceptors (Lipinski definition) is 4. The molecule has 4 rings (SSSR count). The maximum atomic E-state index is 12.7. The van der Waals surface area contributed by atoms with Gasteiger partial charge in [0.25, 0.3) is 5.56 Å². The minimum Gasteiger partial charge on any atom is -0.366 e. The predicted octanol–water partition coefficient (Wildman–Crippen LogP) is 0.391. The summed E-state index contributed by atoms with van der Waals surface area (Å²) < 4.78 is 6.07. The van der Waals surface area contributed by atoms with Gasteiger partial charge >= 0.3 is 5.69 Å². The summed E-state index contributed by atoms with van der Waals surface area (Å²) in [6.45, 7) is 3.81. The minimum absolute atomic E-state index is 0.323. The van der Waals surface area contributed by atoms with Gasteiger partial charge in [-0.1, -0.05) is 0 Å². The number of rotatable bonds is 2. The van der Waals surface area contributed by atoms with Crippen molar-refractivity contribution in [1.82, 2.24) is 23.1 Å². The van der Waals surface area contributed by atoms with E-state index >= 15 is 0 Å². The van der Waals surface area contributed by atoms with Gasteiger partial charge in [0.15, 0.2) is 11.2 Å². The first kappa shape index (κ1) is 16.8. The van der Waals surface area contributed by atoms with E-state index in [9.17, 15) is 14.4 Å². The Morgan fingerprint density at radius 3 is 2.22 bits per heavy atom. The van der Waals surface area contributed by atoms with Gasteiger partial charge in [-0.25, -0.2) is 4.79 Å². The number of benzene rings is 1. The highest BCUT2D eigenvalue weighted by Gasteiger charge is 2.22. The highest BCUT2D eigenvalue weighted by Crippen LogP contribution is 2.24. The molecule has 0 unspecified atom stereocenters. The van der Waals surface area contributed by atoms with Crippen molar-refractivity contribution in [3.8, 4) is 5.69 Å².